The molecular weight excluding hydrogens is 278 g/mol. The van der Waals surface area contributed by atoms with Crippen molar-refractivity contribution in [2.24, 2.45) is 0 Å². The van der Waals surface area contributed by atoms with Crippen LogP contribution < -0.4 is 0 Å². The average molecular weight is 291 g/mol. The van der Waals surface area contributed by atoms with Gasteiger partial charge in [-0.25, -0.2) is 4.39 Å². The fourth-order valence-corrected chi connectivity index (χ4v) is 2.23. The first kappa shape index (κ1) is 14.8. The largest absolute Gasteiger partial charge is 0.419 e. The number of carbonyl (C=O) groups is 1. The predicted octanol–water partition coefficient (Wildman–Crippen LogP) is 2.44. The standard InChI is InChI=1S/C13H13F4NO2/c14-11-9(4-1-5-10(11)13(15,16)17)12(20)18-6-2-3-8(19)7-18/h1,4-5,8,19H,2-3,6-7H2/t8-/m0/s1. The van der Waals surface area contributed by atoms with E-state index in [1.165, 1.54) is 4.90 Å². The highest BCUT2D eigenvalue weighted by molar-refractivity contribution is 5.94. The fraction of sp³-hybridized carbons (Fsp3) is 0.462. The van der Waals surface area contributed by atoms with E-state index in [-0.39, 0.29) is 6.54 Å². The van der Waals surface area contributed by atoms with Crippen LogP contribution in [0.15, 0.2) is 18.2 Å². The summed E-state index contributed by atoms with van der Waals surface area (Å²) in [7, 11) is 0. The van der Waals surface area contributed by atoms with Crippen LogP contribution in [0, 0.1) is 5.82 Å². The third-order valence-corrected chi connectivity index (χ3v) is 3.22. The Bertz CT molecular complexity index is 516. The number of nitrogens with zero attached hydrogens (tertiary/aromatic N) is 1. The van der Waals surface area contributed by atoms with Gasteiger partial charge in [0.2, 0.25) is 0 Å². The molecule has 1 amide bonds. The summed E-state index contributed by atoms with van der Waals surface area (Å²) in [5.74, 6) is -2.39. The molecule has 1 aliphatic rings. The number of aliphatic hydroxyl groups excluding tert-OH is 1. The number of halogens is 4. The van der Waals surface area contributed by atoms with Crippen LogP contribution in [0.5, 0.6) is 0 Å². The van der Waals surface area contributed by atoms with Crippen molar-refractivity contribution in [3.63, 3.8) is 0 Å². The van der Waals surface area contributed by atoms with Crippen molar-refractivity contribution in [1.29, 1.82) is 0 Å². The van der Waals surface area contributed by atoms with Crippen LogP contribution in [-0.2, 0) is 6.18 Å². The second-order valence-corrected chi connectivity index (χ2v) is 4.71. The number of likely N-dealkylation sites (tertiary alicyclic amines) is 1. The molecule has 1 atom stereocenters. The van der Waals surface area contributed by atoms with Crippen molar-refractivity contribution in [2.45, 2.75) is 25.1 Å². The third kappa shape index (κ3) is 2.92. The number of β-amino-alcohol motifs (C(OH)–C–C–N with tert-alkyl or cyclic N) is 1. The summed E-state index contributed by atoms with van der Waals surface area (Å²) in [5.41, 5.74) is -2.07. The molecule has 0 unspecified atom stereocenters. The number of rotatable bonds is 1. The van der Waals surface area contributed by atoms with E-state index in [1.54, 1.807) is 0 Å². The molecule has 1 N–H and O–H groups in total. The van der Waals surface area contributed by atoms with Crippen LogP contribution in [0.25, 0.3) is 0 Å². The van der Waals surface area contributed by atoms with Crippen LogP contribution in [0.4, 0.5) is 17.6 Å². The lowest BCUT2D eigenvalue weighted by Crippen LogP contribution is -2.42. The van der Waals surface area contributed by atoms with E-state index in [1.807, 2.05) is 0 Å². The van der Waals surface area contributed by atoms with Crippen molar-refractivity contribution < 1.29 is 27.5 Å². The number of aliphatic hydroxyl groups is 1. The topological polar surface area (TPSA) is 40.5 Å². The zero-order chi connectivity index (χ0) is 14.9. The van der Waals surface area contributed by atoms with Crippen LogP contribution in [-0.4, -0.2) is 35.1 Å². The summed E-state index contributed by atoms with van der Waals surface area (Å²) < 4.78 is 51.6. The molecule has 110 valence electrons. The fourth-order valence-electron chi connectivity index (χ4n) is 2.23. The SMILES string of the molecule is O=C(c1cccc(C(F)(F)F)c1F)N1CCC[C@H](O)C1. The van der Waals surface area contributed by atoms with E-state index in [0.29, 0.717) is 25.5 Å². The lowest BCUT2D eigenvalue weighted by atomic mass is 10.0. The second kappa shape index (κ2) is 5.40. The Labute approximate surface area is 112 Å². The smallest absolute Gasteiger partial charge is 0.391 e. The molecule has 1 aliphatic heterocycles. The van der Waals surface area contributed by atoms with E-state index in [0.717, 1.165) is 12.1 Å². The molecule has 20 heavy (non-hydrogen) atoms. The molecule has 0 bridgehead atoms. The maximum Gasteiger partial charge on any atom is 0.419 e. The maximum absolute atomic E-state index is 13.8. The van der Waals surface area contributed by atoms with Crippen LogP contribution in [0.3, 0.4) is 0 Å². The lowest BCUT2D eigenvalue weighted by Gasteiger charge is -2.30. The second-order valence-electron chi connectivity index (χ2n) is 4.71. The van der Waals surface area contributed by atoms with Crippen molar-refractivity contribution in [3.05, 3.63) is 35.1 Å². The Hall–Kier alpha value is -1.63. The molecule has 0 radical (unpaired) electrons. The van der Waals surface area contributed by atoms with Crippen molar-refractivity contribution in [1.82, 2.24) is 4.90 Å². The van der Waals surface area contributed by atoms with Gasteiger partial charge < -0.3 is 10.0 Å². The van der Waals surface area contributed by atoms with Gasteiger partial charge in [0.25, 0.3) is 5.91 Å². The monoisotopic (exact) mass is 291 g/mol. The molecule has 1 aromatic carbocycles. The Morgan fingerprint density at radius 3 is 2.65 bits per heavy atom. The first-order valence-electron chi connectivity index (χ1n) is 6.13. The van der Waals surface area contributed by atoms with Gasteiger partial charge in [-0.1, -0.05) is 6.07 Å². The Kier molecular flexibility index (Phi) is 3.99. The Morgan fingerprint density at radius 2 is 2.05 bits per heavy atom. The maximum atomic E-state index is 13.8. The summed E-state index contributed by atoms with van der Waals surface area (Å²) >= 11 is 0. The quantitative estimate of drug-likeness (QED) is 0.807. The Balaban J connectivity index is 2.31. The van der Waals surface area contributed by atoms with Crippen molar-refractivity contribution >= 4 is 5.91 Å². The number of carbonyl (C=O) groups excluding carboxylic acids is 1. The number of alkyl halides is 3. The number of hydrogen-bond acceptors (Lipinski definition) is 2. The summed E-state index contributed by atoms with van der Waals surface area (Å²) in [6.45, 7) is 0.306. The van der Waals surface area contributed by atoms with Gasteiger partial charge in [0.1, 0.15) is 5.82 Å². The van der Waals surface area contributed by atoms with Gasteiger partial charge in [-0.15, -0.1) is 0 Å². The number of hydrogen-bond donors (Lipinski definition) is 1. The van der Waals surface area contributed by atoms with E-state index >= 15 is 0 Å². The molecule has 7 heteroatoms. The molecule has 1 heterocycles. The highest BCUT2D eigenvalue weighted by atomic mass is 19.4. The number of amides is 1. The number of benzene rings is 1. The summed E-state index contributed by atoms with van der Waals surface area (Å²) in [6, 6.07) is 2.62. The highest BCUT2D eigenvalue weighted by Gasteiger charge is 2.36. The van der Waals surface area contributed by atoms with Gasteiger partial charge in [0.15, 0.2) is 0 Å². The molecular formula is C13H13F4NO2. The molecule has 1 saturated heterocycles. The molecule has 1 fully saturated rings. The summed E-state index contributed by atoms with van der Waals surface area (Å²) in [4.78, 5) is 13.2. The third-order valence-electron chi connectivity index (χ3n) is 3.22. The van der Waals surface area contributed by atoms with Gasteiger partial charge in [-0.05, 0) is 25.0 Å². The van der Waals surface area contributed by atoms with Crippen molar-refractivity contribution in [2.75, 3.05) is 13.1 Å². The minimum atomic E-state index is -4.85. The van der Waals surface area contributed by atoms with Gasteiger partial charge in [-0.3, -0.25) is 4.79 Å². The zero-order valence-electron chi connectivity index (χ0n) is 10.5. The molecule has 0 aromatic heterocycles. The minimum absolute atomic E-state index is 0.00845. The van der Waals surface area contributed by atoms with E-state index in [9.17, 15) is 27.5 Å². The van der Waals surface area contributed by atoms with Crippen LogP contribution in [0.1, 0.15) is 28.8 Å². The summed E-state index contributed by atoms with van der Waals surface area (Å²) in [6.07, 6.45) is -4.51. The van der Waals surface area contributed by atoms with E-state index in [2.05, 4.69) is 0 Å². The van der Waals surface area contributed by atoms with Gasteiger partial charge >= 0.3 is 6.18 Å². The molecule has 0 spiro atoms. The Morgan fingerprint density at radius 1 is 1.35 bits per heavy atom. The van der Waals surface area contributed by atoms with Crippen molar-refractivity contribution in [3.8, 4) is 0 Å². The minimum Gasteiger partial charge on any atom is -0.391 e. The van der Waals surface area contributed by atoms with Gasteiger partial charge in [-0.2, -0.15) is 13.2 Å². The first-order chi connectivity index (χ1) is 9.30. The highest BCUT2D eigenvalue weighted by Crippen LogP contribution is 2.32. The molecule has 0 saturated carbocycles. The lowest BCUT2D eigenvalue weighted by molar-refractivity contribution is -0.140. The first-order valence-corrected chi connectivity index (χ1v) is 6.13. The van der Waals surface area contributed by atoms with Crippen LogP contribution in [0.2, 0.25) is 0 Å². The van der Waals surface area contributed by atoms with Gasteiger partial charge in [0, 0.05) is 13.1 Å². The van der Waals surface area contributed by atoms with Crippen LogP contribution >= 0.6 is 0 Å². The molecule has 3 nitrogen and oxygen atoms in total. The number of piperidine rings is 1. The normalized spacial score (nSPS) is 20.1. The van der Waals surface area contributed by atoms with E-state index in [4.69, 9.17) is 0 Å². The molecule has 2 rings (SSSR count). The van der Waals surface area contributed by atoms with E-state index < -0.39 is 35.1 Å². The molecule has 1 aromatic rings. The van der Waals surface area contributed by atoms with Gasteiger partial charge in [0.05, 0.1) is 17.2 Å². The zero-order valence-corrected chi connectivity index (χ0v) is 10.5. The molecule has 0 aliphatic carbocycles. The summed E-state index contributed by atoms with van der Waals surface area (Å²) in [5, 5.41) is 9.46. The average Bonchev–Trinajstić information content (AvgIpc) is 2.37. The predicted molar refractivity (Wildman–Crippen MR) is 62.5 cm³/mol.